The third-order valence-electron chi connectivity index (χ3n) is 3.92. The van der Waals surface area contributed by atoms with Gasteiger partial charge in [0.1, 0.15) is 0 Å². The van der Waals surface area contributed by atoms with Crippen molar-refractivity contribution in [1.29, 1.82) is 0 Å². The SMILES string of the molecule is CCCNCc1ccc(N2CCCCC2CO)c(Br)c1. The number of halogens is 1. The fourth-order valence-electron chi connectivity index (χ4n) is 2.81. The number of piperidine rings is 1. The number of rotatable bonds is 6. The molecule has 1 fully saturated rings. The molecule has 0 spiro atoms. The first-order valence-corrected chi connectivity index (χ1v) is 8.42. The number of anilines is 1. The van der Waals surface area contributed by atoms with Crippen molar-refractivity contribution in [2.75, 3.05) is 24.6 Å². The summed E-state index contributed by atoms with van der Waals surface area (Å²) in [5.41, 5.74) is 2.51. The van der Waals surface area contributed by atoms with E-state index in [9.17, 15) is 5.11 Å². The molecule has 1 atom stereocenters. The quantitative estimate of drug-likeness (QED) is 0.780. The summed E-state index contributed by atoms with van der Waals surface area (Å²) in [5, 5.41) is 13.0. The summed E-state index contributed by atoms with van der Waals surface area (Å²) in [6.07, 6.45) is 4.68. The molecule has 3 nitrogen and oxygen atoms in total. The Morgan fingerprint density at radius 2 is 2.25 bits per heavy atom. The number of hydrogen-bond acceptors (Lipinski definition) is 3. The molecule has 0 saturated carbocycles. The topological polar surface area (TPSA) is 35.5 Å². The Hall–Kier alpha value is -0.580. The van der Waals surface area contributed by atoms with E-state index in [2.05, 4.69) is 51.3 Å². The minimum atomic E-state index is 0.242. The largest absolute Gasteiger partial charge is 0.394 e. The van der Waals surface area contributed by atoms with Gasteiger partial charge in [-0.2, -0.15) is 0 Å². The molecule has 1 unspecified atom stereocenters. The van der Waals surface area contributed by atoms with Crippen LogP contribution in [0.4, 0.5) is 5.69 Å². The van der Waals surface area contributed by atoms with Crippen molar-refractivity contribution in [2.24, 2.45) is 0 Å². The van der Waals surface area contributed by atoms with Crippen molar-refractivity contribution in [3.05, 3.63) is 28.2 Å². The number of hydrogen-bond donors (Lipinski definition) is 2. The summed E-state index contributed by atoms with van der Waals surface area (Å²) in [6, 6.07) is 6.83. The average molecular weight is 341 g/mol. The van der Waals surface area contributed by atoms with E-state index >= 15 is 0 Å². The van der Waals surface area contributed by atoms with Crippen LogP contribution in [-0.4, -0.2) is 30.8 Å². The lowest BCUT2D eigenvalue weighted by Gasteiger charge is -2.37. The Morgan fingerprint density at radius 3 is 2.95 bits per heavy atom. The summed E-state index contributed by atoms with van der Waals surface area (Å²) >= 11 is 3.70. The monoisotopic (exact) mass is 340 g/mol. The van der Waals surface area contributed by atoms with E-state index in [0.717, 1.165) is 36.9 Å². The first-order chi connectivity index (χ1) is 9.76. The molecule has 2 rings (SSSR count). The lowest BCUT2D eigenvalue weighted by atomic mass is 10.0. The summed E-state index contributed by atoms with van der Waals surface area (Å²) in [4.78, 5) is 2.34. The van der Waals surface area contributed by atoms with Crippen LogP contribution in [-0.2, 0) is 6.54 Å². The zero-order valence-electron chi connectivity index (χ0n) is 12.2. The molecule has 0 amide bonds. The van der Waals surface area contributed by atoms with Gasteiger partial charge >= 0.3 is 0 Å². The van der Waals surface area contributed by atoms with Crippen LogP contribution in [0.3, 0.4) is 0 Å². The molecule has 4 heteroatoms. The second kappa shape index (κ2) is 8.01. The van der Waals surface area contributed by atoms with E-state index in [1.54, 1.807) is 0 Å². The Labute approximate surface area is 130 Å². The standard InChI is InChI=1S/C16H25BrN2O/c1-2-8-18-11-13-6-7-16(15(17)10-13)19-9-4-3-5-14(19)12-20/h6-7,10,14,18,20H,2-5,8-9,11-12H2,1H3. The van der Waals surface area contributed by atoms with Crippen LogP contribution >= 0.6 is 15.9 Å². The van der Waals surface area contributed by atoms with Crippen molar-refractivity contribution in [3.63, 3.8) is 0 Å². The highest BCUT2D eigenvalue weighted by Crippen LogP contribution is 2.32. The highest BCUT2D eigenvalue weighted by molar-refractivity contribution is 9.10. The zero-order valence-corrected chi connectivity index (χ0v) is 13.8. The molecule has 0 bridgehead atoms. The van der Waals surface area contributed by atoms with Crippen LogP contribution in [0.2, 0.25) is 0 Å². The fraction of sp³-hybridized carbons (Fsp3) is 0.625. The van der Waals surface area contributed by atoms with E-state index in [1.807, 2.05) is 0 Å². The predicted molar refractivity (Wildman–Crippen MR) is 88.2 cm³/mol. The van der Waals surface area contributed by atoms with Gasteiger partial charge in [0.25, 0.3) is 0 Å². The lowest BCUT2D eigenvalue weighted by Crippen LogP contribution is -2.42. The van der Waals surface area contributed by atoms with Crippen molar-refractivity contribution in [2.45, 2.75) is 45.2 Å². The summed E-state index contributed by atoms with van der Waals surface area (Å²) in [5.74, 6) is 0. The fourth-order valence-corrected chi connectivity index (χ4v) is 3.46. The highest BCUT2D eigenvalue weighted by Gasteiger charge is 2.23. The Morgan fingerprint density at radius 1 is 1.40 bits per heavy atom. The van der Waals surface area contributed by atoms with Gasteiger partial charge in [0, 0.05) is 17.6 Å². The first kappa shape index (κ1) is 15.8. The Bertz CT molecular complexity index is 425. The van der Waals surface area contributed by atoms with Crippen LogP contribution in [0, 0.1) is 0 Å². The van der Waals surface area contributed by atoms with Gasteiger partial charge in [-0.25, -0.2) is 0 Å². The molecule has 1 heterocycles. The second-order valence-corrected chi connectivity index (χ2v) is 6.34. The van der Waals surface area contributed by atoms with Gasteiger partial charge in [-0.15, -0.1) is 0 Å². The molecule has 1 aliphatic heterocycles. The van der Waals surface area contributed by atoms with Gasteiger partial charge in [-0.3, -0.25) is 0 Å². The number of aliphatic hydroxyl groups is 1. The van der Waals surface area contributed by atoms with Crippen LogP contribution in [0.25, 0.3) is 0 Å². The van der Waals surface area contributed by atoms with Crippen molar-refractivity contribution in [1.82, 2.24) is 5.32 Å². The first-order valence-electron chi connectivity index (χ1n) is 7.63. The van der Waals surface area contributed by atoms with Crippen LogP contribution < -0.4 is 10.2 Å². The maximum absolute atomic E-state index is 9.54. The van der Waals surface area contributed by atoms with Crippen molar-refractivity contribution in [3.8, 4) is 0 Å². The third kappa shape index (κ3) is 3.96. The molecule has 0 aromatic heterocycles. The van der Waals surface area contributed by atoms with Crippen molar-refractivity contribution >= 4 is 21.6 Å². The third-order valence-corrected chi connectivity index (χ3v) is 4.55. The van der Waals surface area contributed by atoms with Gasteiger partial charge in [0.15, 0.2) is 0 Å². The lowest BCUT2D eigenvalue weighted by molar-refractivity contribution is 0.240. The number of aliphatic hydroxyl groups excluding tert-OH is 1. The molecule has 1 saturated heterocycles. The van der Waals surface area contributed by atoms with Gasteiger partial charge in [-0.05, 0) is 65.9 Å². The minimum absolute atomic E-state index is 0.242. The molecular formula is C16H25BrN2O. The highest BCUT2D eigenvalue weighted by atomic mass is 79.9. The maximum atomic E-state index is 9.54. The van der Waals surface area contributed by atoms with Gasteiger partial charge in [-0.1, -0.05) is 13.0 Å². The summed E-state index contributed by atoms with van der Waals surface area (Å²) in [6.45, 7) is 5.43. The number of nitrogens with zero attached hydrogens (tertiary/aromatic N) is 1. The van der Waals surface area contributed by atoms with E-state index in [4.69, 9.17) is 0 Å². The number of nitrogens with one attached hydrogen (secondary N) is 1. The average Bonchev–Trinajstić information content (AvgIpc) is 2.48. The summed E-state index contributed by atoms with van der Waals surface area (Å²) < 4.78 is 1.13. The van der Waals surface area contributed by atoms with Crippen LogP contribution in [0.5, 0.6) is 0 Å². The van der Waals surface area contributed by atoms with E-state index in [1.165, 1.54) is 24.1 Å². The molecule has 2 N–H and O–H groups in total. The van der Waals surface area contributed by atoms with Gasteiger partial charge in [0.05, 0.1) is 18.3 Å². The summed E-state index contributed by atoms with van der Waals surface area (Å²) in [7, 11) is 0. The van der Waals surface area contributed by atoms with Gasteiger partial charge < -0.3 is 15.3 Å². The minimum Gasteiger partial charge on any atom is -0.394 e. The normalized spacial score (nSPS) is 19.4. The van der Waals surface area contributed by atoms with Crippen LogP contribution in [0.15, 0.2) is 22.7 Å². The van der Waals surface area contributed by atoms with E-state index in [-0.39, 0.29) is 12.6 Å². The molecule has 0 radical (unpaired) electrons. The number of benzene rings is 1. The van der Waals surface area contributed by atoms with E-state index < -0.39 is 0 Å². The Balaban J connectivity index is 2.08. The molecule has 112 valence electrons. The molecule has 20 heavy (non-hydrogen) atoms. The molecule has 0 aliphatic carbocycles. The van der Waals surface area contributed by atoms with Crippen LogP contribution in [0.1, 0.15) is 38.2 Å². The molecular weight excluding hydrogens is 316 g/mol. The van der Waals surface area contributed by atoms with E-state index in [0.29, 0.717) is 0 Å². The molecule has 1 aromatic rings. The zero-order chi connectivity index (χ0) is 14.4. The predicted octanol–water partition coefficient (Wildman–Crippen LogP) is 3.30. The molecule has 1 aliphatic rings. The smallest absolute Gasteiger partial charge is 0.0635 e. The molecule has 1 aromatic carbocycles. The van der Waals surface area contributed by atoms with Crippen molar-refractivity contribution < 1.29 is 5.11 Å². The van der Waals surface area contributed by atoms with Gasteiger partial charge in [0.2, 0.25) is 0 Å². The second-order valence-electron chi connectivity index (χ2n) is 5.49. The maximum Gasteiger partial charge on any atom is 0.0635 e. The Kier molecular flexibility index (Phi) is 6.33.